The predicted molar refractivity (Wildman–Crippen MR) is 78.4 cm³/mol. The molecule has 0 atom stereocenters. The van der Waals surface area contributed by atoms with Gasteiger partial charge in [0.25, 0.3) is 0 Å². The van der Waals surface area contributed by atoms with E-state index in [-0.39, 0.29) is 5.75 Å². The molecule has 0 fully saturated rings. The smallest absolute Gasteiger partial charge is 0.166 e. The van der Waals surface area contributed by atoms with Gasteiger partial charge in [-0.1, -0.05) is 23.7 Å². The minimum absolute atomic E-state index is 0.205. The van der Waals surface area contributed by atoms with Crippen molar-refractivity contribution in [2.75, 3.05) is 6.54 Å². The highest BCUT2D eigenvalue weighted by atomic mass is 79.9. The van der Waals surface area contributed by atoms with Crippen LogP contribution < -0.4 is 10.5 Å². The van der Waals surface area contributed by atoms with Gasteiger partial charge in [0, 0.05) is 5.02 Å². The molecule has 2 aromatic carbocycles. The summed E-state index contributed by atoms with van der Waals surface area (Å²) in [6, 6.07) is 9.87. The molecule has 0 spiro atoms. The summed E-state index contributed by atoms with van der Waals surface area (Å²) < 4.78 is 20.2. The van der Waals surface area contributed by atoms with Crippen molar-refractivity contribution >= 4 is 27.5 Å². The third-order valence-electron chi connectivity index (χ3n) is 2.57. The molecule has 0 aliphatic heterocycles. The summed E-state index contributed by atoms with van der Waals surface area (Å²) in [6.07, 6.45) is 0.554. The molecule has 2 aromatic rings. The normalized spacial score (nSPS) is 10.5. The number of nitrogens with two attached hydrogens (primary N) is 1. The maximum atomic E-state index is 13.9. The highest BCUT2D eigenvalue weighted by Crippen LogP contribution is 2.34. The number of ether oxygens (including phenoxy) is 1. The first kappa shape index (κ1) is 14.3. The largest absolute Gasteiger partial charge is 0.453 e. The van der Waals surface area contributed by atoms with Gasteiger partial charge in [-0.25, -0.2) is 4.39 Å². The van der Waals surface area contributed by atoms with Crippen LogP contribution in [-0.2, 0) is 6.42 Å². The number of halogens is 3. The van der Waals surface area contributed by atoms with Crippen molar-refractivity contribution in [1.29, 1.82) is 0 Å². The molecule has 19 heavy (non-hydrogen) atoms. The highest BCUT2D eigenvalue weighted by molar-refractivity contribution is 9.10. The lowest BCUT2D eigenvalue weighted by molar-refractivity contribution is 0.434. The van der Waals surface area contributed by atoms with E-state index in [0.29, 0.717) is 28.2 Å². The van der Waals surface area contributed by atoms with Crippen LogP contribution in [-0.4, -0.2) is 6.54 Å². The lowest BCUT2D eigenvalue weighted by Gasteiger charge is -2.13. The van der Waals surface area contributed by atoms with Crippen LogP contribution in [0.1, 0.15) is 5.56 Å². The van der Waals surface area contributed by atoms with Crippen LogP contribution >= 0.6 is 27.5 Å². The summed E-state index contributed by atoms with van der Waals surface area (Å²) in [7, 11) is 0. The Morgan fingerprint density at radius 1 is 1.26 bits per heavy atom. The zero-order chi connectivity index (χ0) is 13.8. The third-order valence-corrected chi connectivity index (χ3v) is 3.42. The summed E-state index contributed by atoms with van der Waals surface area (Å²) in [4.78, 5) is 0. The van der Waals surface area contributed by atoms with Crippen molar-refractivity contribution in [3.05, 3.63) is 57.3 Å². The molecule has 2 rings (SSSR count). The fourth-order valence-electron chi connectivity index (χ4n) is 1.69. The number of hydrogen-bond acceptors (Lipinski definition) is 2. The minimum atomic E-state index is -0.409. The molecule has 0 radical (unpaired) electrons. The van der Waals surface area contributed by atoms with Crippen molar-refractivity contribution in [2.24, 2.45) is 5.73 Å². The Labute approximate surface area is 124 Å². The number of para-hydroxylation sites is 1. The Bertz CT molecular complexity index is 592. The lowest BCUT2D eigenvalue weighted by atomic mass is 10.1. The van der Waals surface area contributed by atoms with E-state index >= 15 is 0 Å². The van der Waals surface area contributed by atoms with Crippen LogP contribution in [0, 0.1) is 5.82 Å². The summed E-state index contributed by atoms with van der Waals surface area (Å²) >= 11 is 9.19. The van der Waals surface area contributed by atoms with Gasteiger partial charge in [0.05, 0.1) is 4.47 Å². The highest BCUT2D eigenvalue weighted by Gasteiger charge is 2.12. The second kappa shape index (κ2) is 6.37. The molecule has 5 heteroatoms. The average molecular weight is 345 g/mol. The summed E-state index contributed by atoms with van der Waals surface area (Å²) in [6.45, 7) is 0.432. The van der Waals surface area contributed by atoms with E-state index in [2.05, 4.69) is 15.9 Å². The quantitative estimate of drug-likeness (QED) is 0.884. The van der Waals surface area contributed by atoms with Crippen LogP contribution in [0.25, 0.3) is 0 Å². The van der Waals surface area contributed by atoms with Crippen LogP contribution in [0.3, 0.4) is 0 Å². The van der Waals surface area contributed by atoms with Crippen molar-refractivity contribution in [2.45, 2.75) is 6.42 Å². The molecule has 0 bridgehead atoms. The first-order valence-electron chi connectivity index (χ1n) is 5.72. The Morgan fingerprint density at radius 3 is 2.74 bits per heavy atom. The molecule has 100 valence electrons. The Morgan fingerprint density at radius 2 is 2.05 bits per heavy atom. The molecule has 0 saturated heterocycles. The molecular weight excluding hydrogens is 333 g/mol. The monoisotopic (exact) mass is 343 g/mol. The van der Waals surface area contributed by atoms with Gasteiger partial charge in [0.2, 0.25) is 0 Å². The molecule has 0 unspecified atom stereocenters. The van der Waals surface area contributed by atoms with Crippen molar-refractivity contribution in [1.82, 2.24) is 0 Å². The van der Waals surface area contributed by atoms with Crippen molar-refractivity contribution in [3.63, 3.8) is 0 Å². The van der Waals surface area contributed by atoms with Crippen LogP contribution in [0.5, 0.6) is 11.5 Å². The first-order valence-corrected chi connectivity index (χ1v) is 6.89. The van der Waals surface area contributed by atoms with Gasteiger partial charge in [-0.3, -0.25) is 0 Å². The second-order valence-electron chi connectivity index (χ2n) is 3.94. The van der Waals surface area contributed by atoms with E-state index < -0.39 is 5.82 Å². The van der Waals surface area contributed by atoms with Gasteiger partial charge in [-0.2, -0.15) is 0 Å². The van der Waals surface area contributed by atoms with Gasteiger partial charge < -0.3 is 10.5 Å². The number of benzene rings is 2. The molecule has 0 aliphatic rings. The molecule has 0 saturated carbocycles. The van der Waals surface area contributed by atoms with Gasteiger partial charge in [-0.05, 0) is 58.7 Å². The zero-order valence-electron chi connectivity index (χ0n) is 10.00. The molecule has 0 heterocycles. The second-order valence-corrected chi connectivity index (χ2v) is 5.23. The number of rotatable bonds is 4. The predicted octanol–water partition coefficient (Wildman–Crippen LogP) is 4.54. The number of hydrogen-bond donors (Lipinski definition) is 1. The van der Waals surface area contributed by atoms with Crippen molar-refractivity contribution < 1.29 is 9.13 Å². The summed E-state index contributed by atoms with van der Waals surface area (Å²) in [5.41, 5.74) is 6.26. The fourth-order valence-corrected chi connectivity index (χ4v) is 2.45. The molecule has 0 aliphatic carbocycles. The lowest BCUT2D eigenvalue weighted by Crippen LogP contribution is -2.05. The topological polar surface area (TPSA) is 35.2 Å². The van der Waals surface area contributed by atoms with E-state index in [1.807, 2.05) is 0 Å². The summed E-state index contributed by atoms with van der Waals surface area (Å²) in [5, 5.41) is 0.579. The van der Waals surface area contributed by atoms with Gasteiger partial charge in [0.15, 0.2) is 11.6 Å². The van der Waals surface area contributed by atoms with Gasteiger partial charge in [0.1, 0.15) is 5.75 Å². The van der Waals surface area contributed by atoms with Crippen LogP contribution in [0.2, 0.25) is 5.02 Å². The molecule has 0 aromatic heterocycles. The van der Waals surface area contributed by atoms with E-state index in [1.54, 1.807) is 30.3 Å². The van der Waals surface area contributed by atoms with Gasteiger partial charge in [-0.15, -0.1) is 0 Å². The van der Waals surface area contributed by atoms with E-state index in [1.165, 1.54) is 6.07 Å². The minimum Gasteiger partial charge on any atom is -0.453 e. The molecular formula is C14H12BrClFNO. The van der Waals surface area contributed by atoms with E-state index in [4.69, 9.17) is 22.1 Å². The van der Waals surface area contributed by atoms with Crippen molar-refractivity contribution in [3.8, 4) is 11.5 Å². The SMILES string of the molecule is NCCc1cccc(F)c1Oc1ccc(Cl)cc1Br. The molecule has 2 nitrogen and oxygen atoms in total. The standard InChI is InChI=1S/C14H12BrClFNO/c15-11-8-10(16)4-5-13(11)19-14-9(6-7-18)2-1-3-12(14)17/h1-5,8H,6-7,18H2. The fraction of sp³-hybridized carbons (Fsp3) is 0.143. The Balaban J connectivity index is 2.37. The third kappa shape index (κ3) is 3.47. The first-order chi connectivity index (χ1) is 9.11. The Kier molecular flexibility index (Phi) is 4.80. The van der Waals surface area contributed by atoms with Gasteiger partial charge >= 0.3 is 0 Å². The zero-order valence-corrected chi connectivity index (χ0v) is 12.3. The summed E-state index contributed by atoms with van der Waals surface area (Å²) in [5.74, 6) is 0.302. The average Bonchev–Trinajstić information content (AvgIpc) is 2.36. The maximum absolute atomic E-state index is 13.9. The van der Waals surface area contributed by atoms with E-state index in [9.17, 15) is 4.39 Å². The van der Waals surface area contributed by atoms with Crippen LogP contribution in [0.4, 0.5) is 4.39 Å². The molecule has 2 N–H and O–H groups in total. The van der Waals surface area contributed by atoms with Crippen LogP contribution in [0.15, 0.2) is 40.9 Å². The Hall–Kier alpha value is -1.10. The van der Waals surface area contributed by atoms with E-state index in [0.717, 1.165) is 5.56 Å². The maximum Gasteiger partial charge on any atom is 0.166 e. The molecule has 0 amide bonds.